The van der Waals surface area contributed by atoms with Gasteiger partial charge in [0, 0.05) is 24.4 Å². The number of fused-ring (bicyclic) bond motifs is 1. The summed E-state index contributed by atoms with van der Waals surface area (Å²) in [6.07, 6.45) is 4.20. The fraction of sp³-hybridized carbons (Fsp3) is 0.467. The molecule has 1 aromatic carbocycles. The summed E-state index contributed by atoms with van der Waals surface area (Å²) < 4.78 is 10.9. The van der Waals surface area contributed by atoms with Crippen LogP contribution in [0.5, 0.6) is 5.75 Å². The van der Waals surface area contributed by atoms with Crippen molar-refractivity contribution in [2.45, 2.75) is 31.7 Å². The molecule has 6 heteroatoms. The molecule has 0 spiro atoms. The van der Waals surface area contributed by atoms with Crippen molar-refractivity contribution in [3.8, 4) is 17.1 Å². The van der Waals surface area contributed by atoms with Crippen molar-refractivity contribution in [3.05, 3.63) is 29.7 Å². The third-order valence-electron chi connectivity index (χ3n) is 4.00. The van der Waals surface area contributed by atoms with Crippen LogP contribution in [0.3, 0.4) is 0 Å². The fourth-order valence-corrected chi connectivity index (χ4v) is 2.92. The van der Waals surface area contributed by atoms with Crippen molar-refractivity contribution in [1.29, 1.82) is 0 Å². The van der Waals surface area contributed by atoms with E-state index in [-0.39, 0.29) is 12.4 Å². The van der Waals surface area contributed by atoms with E-state index in [1.807, 2.05) is 12.1 Å². The Bertz CT molecular complexity index is 623. The summed E-state index contributed by atoms with van der Waals surface area (Å²) in [5, 5.41) is 7.54. The number of halogens is 1. The molecule has 0 amide bonds. The molecule has 2 aliphatic heterocycles. The molecule has 5 nitrogen and oxygen atoms in total. The normalized spacial score (nSPS) is 19.9. The van der Waals surface area contributed by atoms with Gasteiger partial charge in [-0.3, -0.25) is 0 Å². The highest BCUT2D eigenvalue weighted by Crippen LogP contribution is 2.29. The first kappa shape index (κ1) is 14.4. The van der Waals surface area contributed by atoms with Crippen molar-refractivity contribution in [2.75, 3.05) is 13.2 Å². The minimum atomic E-state index is 0. The SMILES string of the molecule is Cl.c1cc2c(cc1-c1noc(CC3CCCN3)n1)CCO2. The summed E-state index contributed by atoms with van der Waals surface area (Å²) in [6, 6.07) is 6.57. The first-order valence-electron chi connectivity index (χ1n) is 7.20. The summed E-state index contributed by atoms with van der Waals surface area (Å²) in [5.74, 6) is 2.37. The lowest BCUT2D eigenvalue weighted by atomic mass is 10.1. The number of nitrogens with zero attached hydrogens (tertiary/aromatic N) is 2. The van der Waals surface area contributed by atoms with Crippen LogP contribution in [0.1, 0.15) is 24.3 Å². The molecule has 0 bridgehead atoms. The minimum absolute atomic E-state index is 0. The van der Waals surface area contributed by atoms with Crippen LogP contribution in [0.15, 0.2) is 22.7 Å². The Morgan fingerprint density at radius 1 is 1.33 bits per heavy atom. The molecule has 1 atom stereocenters. The monoisotopic (exact) mass is 307 g/mol. The lowest BCUT2D eigenvalue weighted by Gasteiger charge is -2.04. The van der Waals surface area contributed by atoms with Crippen LogP contribution in [-0.2, 0) is 12.8 Å². The standard InChI is InChI=1S/C15H17N3O2.ClH/c1-2-12(16-6-1)9-14-17-15(18-20-14)11-3-4-13-10(8-11)5-7-19-13;/h3-4,8,12,16H,1-2,5-7,9H2;1H. The van der Waals surface area contributed by atoms with Gasteiger partial charge < -0.3 is 14.6 Å². The maximum Gasteiger partial charge on any atom is 0.228 e. The van der Waals surface area contributed by atoms with Crippen LogP contribution >= 0.6 is 12.4 Å². The Kier molecular flexibility index (Phi) is 4.12. The number of hydrogen-bond acceptors (Lipinski definition) is 5. The Morgan fingerprint density at radius 2 is 2.29 bits per heavy atom. The summed E-state index contributed by atoms with van der Waals surface area (Å²) >= 11 is 0. The van der Waals surface area contributed by atoms with Gasteiger partial charge in [0.25, 0.3) is 0 Å². The van der Waals surface area contributed by atoms with Gasteiger partial charge in [0.15, 0.2) is 0 Å². The van der Waals surface area contributed by atoms with Gasteiger partial charge in [0.2, 0.25) is 11.7 Å². The second-order valence-corrected chi connectivity index (χ2v) is 5.43. The third kappa shape index (κ3) is 2.89. The molecule has 1 aromatic heterocycles. The molecule has 0 radical (unpaired) electrons. The van der Waals surface area contributed by atoms with Gasteiger partial charge >= 0.3 is 0 Å². The maximum absolute atomic E-state index is 5.51. The quantitative estimate of drug-likeness (QED) is 0.943. The molecule has 1 fully saturated rings. The van der Waals surface area contributed by atoms with E-state index in [1.165, 1.54) is 18.4 Å². The lowest BCUT2D eigenvalue weighted by molar-refractivity contribution is 0.357. The largest absolute Gasteiger partial charge is 0.493 e. The number of rotatable bonds is 3. The Hall–Kier alpha value is -1.59. The highest BCUT2D eigenvalue weighted by atomic mass is 35.5. The molecule has 2 aromatic rings. The molecule has 3 heterocycles. The number of hydrogen-bond donors (Lipinski definition) is 1. The number of benzene rings is 1. The van der Waals surface area contributed by atoms with Gasteiger partial charge in [-0.1, -0.05) is 5.16 Å². The van der Waals surface area contributed by atoms with Crippen LogP contribution in [0.25, 0.3) is 11.4 Å². The second-order valence-electron chi connectivity index (χ2n) is 5.43. The van der Waals surface area contributed by atoms with Gasteiger partial charge in [-0.2, -0.15) is 4.98 Å². The predicted molar refractivity (Wildman–Crippen MR) is 80.9 cm³/mol. The molecule has 1 N–H and O–H groups in total. The second kappa shape index (κ2) is 6.03. The number of nitrogens with one attached hydrogen (secondary N) is 1. The van der Waals surface area contributed by atoms with E-state index in [4.69, 9.17) is 9.26 Å². The third-order valence-corrected chi connectivity index (χ3v) is 4.00. The highest BCUT2D eigenvalue weighted by molar-refractivity contribution is 5.85. The summed E-state index contributed by atoms with van der Waals surface area (Å²) in [4.78, 5) is 4.51. The average Bonchev–Trinajstić information content (AvgIpc) is 3.19. The van der Waals surface area contributed by atoms with Gasteiger partial charge in [-0.05, 0) is 43.1 Å². The van der Waals surface area contributed by atoms with Gasteiger partial charge in [0.05, 0.1) is 6.61 Å². The van der Waals surface area contributed by atoms with Crippen molar-refractivity contribution in [1.82, 2.24) is 15.5 Å². The molecule has 2 aliphatic rings. The van der Waals surface area contributed by atoms with E-state index in [0.717, 1.165) is 43.2 Å². The Balaban J connectivity index is 0.00000132. The first-order valence-corrected chi connectivity index (χ1v) is 7.20. The topological polar surface area (TPSA) is 60.2 Å². The lowest BCUT2D eigenvalue weighted by Crippen LogP contribution is -2.23. The van der Waals surface area contributed by atoms with Gasteiger partial charge in [0.1, 0.15) is 5.75 Å². The molecule has 1 unspecified atom stereocenters. The zero-order valence-electron chi connectivity index (χ0n) is 11.7. The van der Waals surface area contributed by atoms with E-state index >= 15 is 0 Å². The van der Waals surface area contributed by atoms with Crippen LogP contribution in [-0.4, -0.2) is 29.3 Å². The van der Waals surface area contributed by atoms with Crippen LogP contribution in [0.4, 0.5) is 0 Å². The summed E-state index contributed by atoms with van der Waals surface area (Å²) in [5.41, 5.74) is 2.23. The van der Waals surface area contributed by atoms with Crippen molar-refractivity contribution >= 4 is 12.4 Å². The smallest absolute Gasteiger partial charge is 0.228 e. The average molecular weight is 308 g/mol. The Labute approximate surface area is 129 Å². The molecule has 112 valence electrons. The molecule has 1 saturated heterocycles. The van der Waals surface area contributed by atoms with Crippen molar-refractivity contribution < 1.29 is 9.26 Å². The molecule has 0 aliphatic carbocycles. The van der Waals surface area contributed by atoms with E-state index < -0.39 is 0 Å². The summed E-state index contributed by atoms with van der Waals surface area (Å²) in [6.45, 7) is 1.86. The molecule has 4 rings (SSSR count). The van der Waals surface area contributed by atoms with Crippen LogP contribution in [0, 0.1) is 0 Å². The zero-order chi connectivity index (χ0) is 13.4. The van der Waals surface area contributed by atoms with Crippen molar-refractivity contribution in [3.63, 3.8) is 0 Å². The van der Waals surface area contributed by atoms with Crippen LogP contribution in [0.2, 0.25) is 0 Å². The highest BCUT2D eigenvalue weighted by Gasteiger charge is 2.19. The fourth-order valence-electron chi connectivity index (χ4n) is 2.92. The first-order chi connectivity index (χ1) is 9.88. The molecule has 21 heavy (non-hydrogen) atoms. The van der Waals surface area contributed by atoms with Gasteiger partial charge in [-0.15, -0.1) is 12.4 Å². The molecule has 0 saturated carbocycles. The number of aromatic nitrogens is 2. The summed E-state index contributed by atoms with van der Waals surface area (Å²) in [7, 11) is 0. The van der Waals surface area contributed by atoms with Crippen LogP contribution < -0.4 is 10.1 Å². The minimum Gasteiger partial charge on any atom is -0.493 e. The van der Waals surface area contributed by atoms with E-state index in [2.05, 4.69) is 21.5 Å². The Morgan fingerprint density at radius 3 is 3.14 bits per heavy atom. The zero-order valence-corrected chi connectivity index (χ0v) is 12.5. The number of ether oxygens (including phenoxy) is 1. The predicted octanol–water partition coefficient (Wildman–Crippen LogP) is 2.39. The van der Waals surface area contributed by atoms with Gasteiger partial charge in [-0.25, -0.2) is 0 Å². The van der Waals surface area contributed by atoms with E-state index in [1.54, 1.807) is 0 Å². The van der Waals surface area contributed by atoms with E-state index in [0.29, 0.717) is 11.9 Å². The molecular formula is C15H18ClN3O2. The van der Waals surface area contributed by atoms with Crippen molar-refractivity contribution in [2.24, 2.45) is 0 Å². The maximum atomic E-state index is 5.51. The van der Waals surface area contributed by atoms with E-state index in [9.17, 15) is 0 Å². The molecular weight excluding hydrogens is 290 g/mol.